The molecule has 0 aromatic rings. The zero-order valence-electron chi connectivity index (χ0n) is 7.31. The molecule has 0 spiro atoms. The van der Waals surface area contributed by atoms with Crippen LogP contribution < -0.4 is 10.6 Å². The molecule has 1 aliphatic heterocycles. The van der Waals surface area contributed by atoms with Crippen LogP contribution in [0.25, 0.3) is 0 Å². The fourth-order valence-electron chi connectivity index (χ4n) is 1.32. The number of alkyl halides is 1. The minimum absolute atomic E-state index is 0.0386. The molecule has 2 N–H and O–H groups in total. The smallest absolute Gasteiger partial charge is 0.223 e. The van der Waals surface area contributed by atoms with Crippen molar-refractivity contribution in [3.05, 3.63) is 0 Å². The van der Waals surface area contributed by atoms with Crippen molar-refractivity contribution < 1.29 is 14.0 Å². The van der Waals surface area contributed by atoms with Crippen LogP contribution in [0.3, 0.4) is 0 Å². The maximum Gasteiger partial charge on any atom is 0.223 e. The summed E-state index contributed by atoms with van der Waals surface area (Å²) in [6, 6.07) is 0. The van der Waals surface area contributed by atoms with Crippen molar-refractivity contribution in [3.8, 4) is 0 Å². The van der Waals surface area contributed by atoms with Gasteiger partial charge in [0.1, 0.15) is 6.67 Å². The number of carbonyl (C=O) groups excluding carboxylic acids is 2. The van der Waals surface area contributed by atoms with Crippen LogP contribution in [0.2, 0.25) is 0 Å². The average Bonchev–Trinajstić information content (AvgIpc) is 2.14. The minimum atomic E-state index is -0.565. The number of hydrogen-bond acceptors (Lipinski definition) is 2. The number of rotatable bonds is 3. The Bertz CT molecular complexity index is 208. The van der Waals surface area contributed by atoms with Crippen molar-refractivity contribution in [2.75, 3.05) is 19.8 Å². The van der Waals surface area contributed by atoms with Gasteiger partial charge < -0.3 is 10.6 Å². The van der Waals surface area contributed by atoms with Crippen molar-refractivity contribution in [3.63, 3.8) is 0 Å². The normalized spacial score (nSPS) is 22.2. The molecule has 1 fully saturated rings. The van der Waals surface area contributed by atoms with Gasteiger partial charge in [0.2, 0.25) is 11.8 Å². The summed E-state index contributed by atoms with van der Waals surface area (Å²) in [5, 5.41) is 5.06. The lowest BCUT2D eigenvalue weighted by Crippen LogP contribution is -2.41. The highest BCUT2D eigenvalue weighted by Gasteiger charge is 2.24. The Labute approximate surface area is 75.9 Å². The Kier molecular flexibility index (Phi) is 3.67. The van der Waals surface area contributed by atoms with Gasteiger partial charge >= 0.3 is 0 Å². The van der Waals surface area contributed by atoms with E-state index >= 15 is 0 Å². The molecule has 0 aromatic heterocycles. The first-order valence-corrected chi connectivity index (χ1v) is 4.34. The van der Waals surface area contributed by atoms with Crippen molar-refractivity contribution in [1.82, 2.24) is 10.6 Å². The Hall–Kier alpha value is -1.13. The fourth-order valence-corrected chi connectivity index (χ4v) is 1.32. The van der Waals surface area contributed by atoms with Gasteiger partial charge in [-0.1, -0.05) is 0 Å². The van der Waals surface area contributed by atoms with Gasteiger partial charge in [-0.25, -0.2) is 4.39 Å². The summed E-state index contributed by atoms with van der Waals surface area (Å²) in [5.74, 6) is -0.598. The molecule has 0 radical (unpaired) electrons. The molecule has 4 nitrogen and oxygen atoms in total. The van der Waals surface area contributed by atoms with E-state index in [2.05, 4.69) is 10.6 Å². The quantitative estimate of drug-likeness (QED) is 0.633. The molecule has 1 atom stereocenters. The van der Waals surface area contributed by atoms with Gasteiger partial charge in [0.15, 0.2) is 0 Å². The Balaban J connectivity index is 2.32. The van der Waals surface area contributed by atoms with E-state index in [4.69, 9.17) is 0 Å². The van der Waals surface area contributed by atoms with Crippen molar-refractivity contribution in [1.29, 1.82) is 0 Å². The molecular weight excluding hydrogens is 175 g/mol. The van der Waals surface area contributed by atoms with Crippen molar-refractivity contribution >= 4 is 11.8 Å². The largest absolute Gasteiger partial charge is 0.356 e. The highest BCUT2D eigenvalue weighted by atomic mass is 19.1. The summed E-state index contributed by atoms with van der Waals surface area (Å²) in [5.41, 5.74) is 0. The zero-order valence-corrected chi connectivity index (χ0v) is 7.31. The topological polar surface area (TPSA) is 58.2 Å². The molecule has 0 saturated carbocycles. The molecule has 0 aromatic carbocycles. The number of hydrogen-bond donors (Lipinski definition) is 2. The summed E-state index contributed by atoms with van der Waals surface area (Å²) in [6.45, 7) is 0.00809. The summed E-state index contributed by atoms with van der Waals surface area (Å²) in [7, 11) is 0. The molecule has 1 unspecified atom stereocenters. The highest BCUT2D eigenvalue weighted by Crippen LogP contribution is 2.11. The maximum atomic E-state index is 11.7. The summed E-state index contributed by atoms with van der Waals surface area (Å²) >= 11 is 0. The van der Waals surface area contributed by atoms with Gasteiger partial charge in [-0.2, -0.15) is 0 Å². The van der Waals surface area contributed by atoms with Crippen LogP contribution in [0.5, 0.6) is 0 Å². The van der Waals surface area contributed by atoms with E-state index in [1.807, 2.05) is 0 Å². The predicted molar refractivity (Wildman–Crippen MR) is 44.7 cm³/mol. The van der Waals surface area contributed by atoms with Crippen LogP contribution in [0.15, 0.2) is 0 Å². The van der Waals surface area contributed by atoms with Crippen LogP contribution in [0.4, 0.5) is 4.39 Å². The van der Waals surface area contributed by atoms with Gasteiger partial charge in [0.05, 0.1) is 0 Å². The molecule has 1 saturated heterocycles. The number of amides is 2. The molecule has 74 valence electrons. The fraction of sp³-hybridized carbons (Fsp3) is 0.750. The molecule has 1 heterocycles. The van der Waals surface area contributed by atoms with Crippen molar-refractivity contribution in [2.24, 2.45) is 5.92 Å². The van der Waals surface area contributed by atoms with E-state index in [0.29, 0.717) is 13.0 Å². The standard InChI is InChI=1S/C8H13FN2O2/c9-2-4-11-8(13)6-1-3-10-7(12)5-6/h6H,1-5H2,(H,10,12)(H,11,13). The molecule has 1 rings (SSSR count). The summed E-state index contributed by atoms with van der Waals surface area (Å²) in [6.07, 6.45) is 0.863. The molecule has 2 amide bonds. The van der Waals surface area contributed by atoms with E-state index < -0.39 is 6.67 Å². The van der Waals surface area contributed by atoms with Gasteiger partial charge in [-0.05, 0) is 6.42 Å². The van der Waals surface area contributed by atoms with Crippen LogP contribution >= 0.6 is 0 Å². The highest BCUT2D eigenvalue weighted by molar-refractivity contribution is 5.86. The lowest BCUT2D eigenvalue weighted by Gasteiger charge is -2.20. The Morgan fingerprint density at radius 2 is 2.46 bits per heavy atom. The van der Waals surface area contributed by atoms with Crippen LogP contribution in [0, 0.1) is 5.92 Å². The lowest BCUT2D eigenvalue weighted by atomic mass is 9.97. The second-order valence-electron chi connectivity index (χ2n) is 3.02. The average molecular weight is 188 g/mol. The van der Waals surface area contributed by atoms with E-state index in [0.717, 1.165) is 0 Å². The summed E-state index contributed by atoms with van der Waals surface area (Å²) in [4.78, 5) is 22.1. The lowest BCUT2D eigenvalue weighted by molar-refractivity contribution is -0.132. The number of nitrogens with one attached hydrogen (secondary N) is 2. The molecule has 1 aliphatic rings. The molecule has 13 heavy (non-hydrogen) atoms. The first kappa shape index (κ1) is 9.95. The molecule has 5 heteroatoms. The van der Waals surface area contributed by atoms with E-state index in [1.54, 1.807) is 0 Å². The van der Waals surface area contributed by atoms with Gasteiger partial charge in [0, 0.05) is 25.4 Å². The minimum Gasteiger partial charge on any atom is -0.356 e. The number of carbonyl (C=O) groups is 2. The molecule has 0 aliphatic carbocycles. The van der Waals surface area contributed by atoms with Gasteiger partial charge in [-0.3, -0.25) is 9.59 Å². The molecular formula is C8H13FN2O2. The SMILES string of the molecule is O=C1CC(C(=O)NCCF)CCN1. The Morgan fingerprint density at radius 3 is 3.08 bits per heavy atom. The van der Waals surface area contributed by atoms with E-state index in [1.165, 1.54) is 0 Å². The second-order valence-corrected chi connectivity index (χ2v) is 3.02. The monoisotopic (exact) mass is 188 g/mol. The second kappa shape index (κ2) is 4.79. The third kappa shape index (κ3) is 3.01. The predicted octanol–water partition coefficient (Wildman–Crippen LogP) is -0.402. The van der Waals surface area contributed by atoms with Crippen molar-refractivity contribution in [2.45, 2.75) is 12.8 Å². The first-order valence-electron chi connectivity index (χ1n) is 4.34. The third-order valence-corrected chi connectivity index (χ3v) is 2.01. The van der Waals surface area contributed by atoms with Gasteiger partial charge in [-0.15, -0.1) is 0 Å². The van der Waals surface area contributed by atoms with E-state index in [9.17, 15) is 14.0 Å². The molecule has 0 bridgehead atoms. The third-order valence-electron chi connectivity index (χ3n) is 2.01. The first-order chi connectivity index (χ1) is 6.24. The summed E-state index contributed by atoms with van der Waals surface area (Å²) < 4.78 is 11.7. The zero-order chi connectivity index (χ0) is 9.68. The number of halogens is 1. The maximum absolute atomic E-state index is 11.7. The number of piperidine rings is 1. The van der Waals surface area contributed by atoms with Crippen LogP contribution in [-0.2, 0) is 9.59 Å². The van der Waals surface area contributed by atoms with Crippen LogP contribution in [0.1, 0.15) is 12.8 Å². The van der Waals surface area contributed by atoms with Gasteiger partial charge in [0.25, 0.3) is 0 Å². The Morgan fingerprint density at radius 1 is 1.69 bits per heavy atom. The van der Waals surface area contributed by atoms with Crippen LogP contribution in [-0.4, -0.2) is 31.6 Å². The van der Waals surface area contributed by atoms with E-state index in [-0.39, 0.29) is 30.7 Å².